The minimum absolute atomic E-state index is 0. The van der Waals surface area contributed by atoms with Gasteiger partial charge in [0.05, 0.1) is 0 Å². The number of nitrogens with two attached hydrogens (primary N) is 1. The molecule has 0 bridgehead atoms. The SMILES string of the molecule is CCC(C)C1(CN)NC(=O)NC1=O.Cl. The first-order valence-corrected chi connectivity index (χ1v) is 4.40. The van der Waals surface area contributed by atoms with Gasteiger partial charge in [-0.1, -0.05) is 20.3 Å². The Bertz CT molecular complexity index is 247. The molecule has 4 N–H and O–H groups in total. The zero-order valence-electron chi connectivity index (χ0n) is 8.29. The number of carbonyl (C=O) groups is 2. The maximum Gasteiger partial charge on any atom is 0.322 e. The lowest BCUT2D eigenvalue weighted by atomic mass is 9.83. The van der Waals surface area contributed by atoms with E-state index in [0.29, 0.717) is 0 Å². The molecule has 0 spiro atoms. The molecule has 0 aromatic heterocycles. The van der Waals surface area contributed by atoms with Gasteiger partial charge >= 0.3 is 6.03 Å². The van der Waals surface area contributed by atoms with Gasteiger partial charge in [-0.15, -0.1) is 12.4 Å². The second-order valence-corrected chi connectivity index (χ2v) is 3.39. The Balaban J connectivity index is 0.00000169. The molecule has 6 heteroatoms. The summed E-state index contributed by atoms with van der Waals surface area (Å²) in [5.41, 5.74) is 4.63. The van der Waals surface area contributed by atoms with Crippen LogP contribution in [0, 0.1) is 5.92 Å². The van der Waals surface area contributed by atoms with E-state index in [1.807, 2.05) is 13.8 Å². The van der Waals surface area contributed by atoms with E-state index in [4.69, 9.17) is 5.73 Å². The minimum Gasteiger partial charge on any atom is -0.328 e. The van der Waals surface area contributed by atoms with Crippen molar-refractivity contribution in [1.29, 1.82) is 0 Å². The lowest BCUT2D eigenvalue weighted by Crippen LogP contribution is -2.57. The molecule has 2 unspecified atom stereocenters. The first-order chi connectivity index (χ1) is 6.06. The smallest absolute Gasteiger partial charge is 0.322 e. The lowest BCUT2D eigenvalue weighted by Gasteiger charge is -2.30. The van der Waals surface area contributed by atoms with E-state index in [0.717, 1.165) is 6.42 Å². The van der Waals surface area contributed by atoms with Crippen molar-refractivity contribution in [2.45, 2.75) is 25.8 Å². The zero-order valence-corrected chi connectivity index (χ0v) is 9.11. The predicted octanol–water partition coefficient (Wildman–Crippen LogP) is -0.00880. The van der Waals surface area contributed by atoms with Crippen molar-refractivity contribution in [2.24, 2.45) is 11.7 Å². The van der Waals surface area contributed by atoms with E-state index in [-0.39, 0.29) is 30.8 Å². The molecule has 0 radical (unpaired) electrons. The number of rotatable bonds is 3. The van der Waals surface area contributed by atoms with Crippen LogP contribution in [-0.2, 0) is 4.79 Å². The number of amides is 3. The van der Waals surface area contributed by atoms with Crippen LogP contribution in [0.4, 0.5) is 4.79 Å². The molecule has 14 heavy (non-hydrogen) atoms. The molecule has 1 aliphatic rings. The molecule has 1 rings (SSSR count). The molecular weight excluding hydrogens is 206 g/mol. The van der Waals surface area contributed by atoms with Gasteiger partial charge < -0.3 is 11.1 Å². The molecule has 0 saturated carbocycles. The van der Waals surface area contributed by atoms with E-state index < -0.39 is 11.6 Å². The van der Waals surface area contributed by atoms with Crippen LogP contribution in [0.25, 0.3) is 0 Å². The van der Waals surface area contributed by atoms with Gasteiger partial charge in [0.25, 0.3) is 5.91 Å². The highest BCUT2D eigenvalue weighted by atomic mass is 35.5. The number of nitrogens with one attached hydrogen (secondary N) is 2. The number of hydrogen-bond donors (Lipinski definition) is 3. The van der Waals surface area contributed by atoms with Crippen molar-refractivity contribution in [3.63, 3.8) is 0 Å². The molecule has 2 atom stereocenters. The Morgan fingerprint density at radius 2 is 2.07 bits per heavy atom. The van der Waals surface area contributed by atoms with Gasteiger partial charge in [-0.2, -0.15) is 0 Å². The van der Waals surface area contributed by atoms with Gasteiger partial charge in [-0.05, 0) is 5.92 Å². The minimum atomic E-state index is -0.897. The number of carbonyl (C=O) groups excluding carboxylic acids is 2. The number of hydrogen-bond acceptors (Lipinski definition) is 3. The van der Waals surface area contributed by atoms with Crippen molar-refractivity contribution < 1.29 is 9.59 Å². The fourth-order valence-corrected chi connectivity index (χ4v) is 1.55. The van der Waals surface area contributed by atoms with Crippen LogP contribution in [0.3, 0.4) is 0 Å². The average Bonchev–Trinajstić information content (AvgIpc) is 2.40. The molecule has 1 heterocycles. The topological polar surface area (TPSA) is 84.2 Å². The van der Waals surface area contributed by atoms with E-state index in [1.54, 1.807) is 0 Å². The average molecular weight is 222 g/mol. The summed E-state index contributed by atoms with van der Waals surface area (Å²) in [5, 5.41) is 4.80. The fraction of sp³-hybridized carbons (Fsp3) is 0.750. The van der Waals surface area contributed by atoms with Gasteiger partial charge in [0.15, 0.2) is 0 Å². The van der Waals surface area contributed by atoms with Crippen molar-refractivity contribution in [1.82, 2.24) is 10.6 Å². The van der Waals surface area contributed by atoms with Gasteiger partial charge in [0.1, 0.15) is 5.54 Å². The Morgan fingerprint density at radius 3 is 2.36 bits per heavy atom. The van der Waals surface area contributed by atoms with Crippen LogP contribution in [0.15, 0.2) is 0 Å². The zero-order chi connectivity index (χ0) is 10.1. The van der Waals surface area contributed by atoms with E-state index in [1.165, 1.54) is 0 Å². The summed E-state index contributed by atoms with van der Waals surface area (Å²) in [5.74, 6) is -0.265. The fourth-order valence-electron chi connectivity index (χ4n) is 1.55. The van der Waals surface area contributed by atoms with Gasteiger partial charge in [-0.3, -0.25) is 10.1 Å². The van der Waals surface area contributed by atoms with Gasteiger partial charge in [0.2, 0.25) is 0 Å². The molecular formula is C8H16ClN3O2. The van der Waals surface area contributed by atoms with Gasteiger partial charge in [-0.25, -0.2) is 4.79 Å². The highest BCUT2D eigenvalue weighted by molar-refractivity contribution is 6.07. The quantitative estimate of drug-likeness (QED) is 0.586. The maximum atomic E-state index is 11.5. The van der Waals surface area contributed by atoms with Crippen LogP contribution in [0.2, 0.25) is 0 Å². The third kappa shape index (κ3) is 1.83. The molecule has 0 aliphatic carbocycles. The second-order valence-electron chi connectivity index (χ2n) is 3.39. The van der Waals surface area contributed by atoms with E-state index in [9.17, 15) is 9.59 Å². The molecule has 0 aromatic rings. The third-order valence-corrected chi connectivity index (χ3v) is 2.74. The highest BCUT2D eigenvalue weighted by Crippen LogP contribution is 2.22. The largest absolute Gasteiger partial charge is 0.328 e. The maximum absolute atomic E-state index is 11.5. The lowest BCUT2D eigenvalue weighted by molar-refractivity contribution is -0.125. The summed E-state index contributed by atoms with van der Waals surface area (Å²) in [6, 6.07) is -0.448. The Labute approximate surface area is 89.2 Å². The summed E-state index contributed by atoms with van der Waals surface area (Å²) in [6.07, 6.45) is 0.797. The number of halogens is 1. The summed E-state index contributed by atoms with van der Waals surface area (Å²) < 4.78 is 0. The summed E-state index contributed by atoms with van der Waals surface area (Å²) in [7, 11) is 0. The second kappa shape index (κ2) is 4.61. The van der Waals surface area contributed by atoms with E-state index >= 15 is 0 Å². The normalized spacial score (nSPS) is 27.6. The van der Waals surface area contributed by atoms with E-state index in [2.05, 4.69) is 10.6 Å². The van der Waals surface area contributed by atoms with Crippen LogP contribution in [0.1, 0.15) is 20.3 Å². The molecule has 0 aromatic carbocycles. The highest BCUT2D eigenvalue weighted by Gasteiger charge is 2.48. The molecule has 1 aliphatic heterocycles. The molecule has 82 valence electrons. The van der Waals surface area contributed by atoms with Crippen molar-refractivity contribution in [3.8, 4) is 0 Å². The van der Waals surface area contributed by atoms with Crippen LogP contribution in [-0.4, -0.2) is 24.0 Å². The van der Waals surface area contributed by atoms with Gasteiger partial charge in [0, 0.05) is 6.54 Å². The number of imide groups is 1. The molecule has 5 nitrogen and oxygen atoms in total. The summed E-state index contributed by atoms with van der Waals surface area (Å²) >= 11 is 0. The summed E-state index contributed by atoms with van der Waals surface area (Å²) in [6.45, 7) is 4.00. The number of urea groups is 1. The molecule has 1 saturated heterocycles. The van der Waals surface area contributed by atoms with Crippen LogP contribution < -0.4 is 16.4 Å². The standard InChI is InChI=1S/C8H15N3O2.ClH/c1-3-5(2)8(4-9)6(12)10-7(13)11-8;/h5H,3-4,9H2,1-2H3,(H2,10,11,12,13);1H. The van der Waals surface area contributed by atoms with Crippen molar-refractivity contribution in [2.75, 3.05) is 6.54 Å². The third-order valence-electron chi connectivity index (χ3n) is 2.74. The molecule has 1 fully saturated rings. The predicted molar refractivity (Wildman–Crippen MR) is 55.2 cm³/mol. The molecule has 3 amide bonds. The Hall–Kier alpha value is -0.810. The van der Waals surface area contributed by atoms with Crippen LogP contribution in [0.5, 0.6) is 0 Å². The monoisotopic (exact) mass is 221 g/mol. The Morgan fingerprint density at radius 1 is 1.50 bits per heavy atom. The van der Waals surface area contributed by atoms with Crippen molar-refractivity contribution >= 4 is 24.3 Å². The summed E-state index contributed by atoms with van der Waals surface area (Å²) in [4.78, 5) is 22.4. The first-order valence-electron chi connectivity index (χ1n) is 4.40. The van der Waals surface area contributed by atoms with Crippen molar-refractivity contribution in [3.05, 3.63) is 0 Å². The Kier molecular flexibility index (Phi) is 4.35. The first kappa shape index (κ1) is 13.2. The van der Waals surface area contributed by atoms with Crippen LogP contribution >= 0.6 is 12.4 Å².